The highest BCUT2D eigenvalue weighted by molar-refractivity contribution is 7.98. The van der Waals surface area contributed by atoms with E-state index in [9.17, 15) is 4.79 Å². The Hall–Kier alpha value is -2.08. The molecular weight excluding hydrogens is 300 g/mol. The lowest BCUT2D eigenvalue weighted by atomic mass is 10.3. The highest BCUT2D eigenvalue weighted by atomic mass is 32.2. The van der Waals surface area contributed by atoms with Crippen molar-refractivity contribution in [1.29, 1.82) is 0 Å². The largest absolute Gasteiger partial charge is 0.495 e. The summed E-state index contributed by atoms with van der Waals surface area (Å²) in [5.74, 6) is 3.45. The average Bonchev–Trinajstić information content (AvgIpc) is 3.04. The third kappa shape index (κ3) is 5.37. The van der Waals surface area contributed by atoms with Gasteiger partial charge in [-0.15, -0.1) is 0 Å². The average molecular weight is 320 g/mol. The van der Waals surface area contributed by atoms with Crippen molar-refractivity contribution in [2.75, 3.05) is 24.7 Å². The molecule has 2 N–H and O–H groups in total. The zero-order valence-corrected chi connectivity index (χ0v) is 13.3. The van der Waals surface area contributed by atoms with Crippen molar-refractivity contribution < 1.29 is 13.9 Å². The Labute approximate surface area is 134 Å². The van der Waals surface area contributed by atoms with E-state index in [0.29, 0.717) is 18.0 Å². The van der Waals surface area contributed by atoms with Gasteiger partial charge in [0, 0.05) is 6.54 Å². The van der Waals surface area contributed by atoms with E-state index in [1.165, 1.54) is 0 Å². The molecule has 22 heavy (non-hydrogen) atoms. The molecule has 2 rings (SSSR count). The van der Waals surface area contributed by atoms with E-state index in [1.54, 1.807) is 37.3 Å². The molecule has 0 fully saturated rings. The van der Waals surface area contributed by atoms with Crippen LogP contribution in [0.5, 0.6) is 5.75 Å². The summed E-state index contributed by atoms with van der Waals surface area (Å²) >= 11 is 1.79. The van der Waals surface area contributed by atoms with E-state index in [0.717, 1.165) is 23.7 Å². The number of furan rings is 1. The van der Waals surface area contributed by atoms with Crippen LogP contribution in [0.1, 0.15) is 12.2 Å². The van der Waals surface area contributed by atoms with Crippen LogP contribution >= 0.6 is 11.8 Å². The number of urea groups is 1. The zero-order valence-electron chi connectivity index (χ0n) is 12.5. The van der Waals surface area contributed by atoms with Crippen molar-refractivity contribution in [1.82, 2.24) is 5.32 Å². The SMILES string of the molecule is COc1ccccc1NC(=O)NCCCSCc1ccco1. The van der Waals surface area contributed by atoms with E-state index in [2.05, 4.69) is 10.6 Å². The fourth-order valence-electron chi connectivity index (χ4n) is 1.86. The highest BCUT2D eigenvalue weighted by Gasteiger charge is 2.05. The molecule has 1 heterocycles. The molecule has 1 aromatic heterocycles. The molecule has 0 saturated heterocycles. The maximum absolute atomic E-state index is 11.8. The molecule has 2 amide bonds. The summed E-state index contributed by atoms with van der Waals surface area (Å²) in [7, 11) is 1.58. The summed E-state index contributed by atoms with van der Waals surface area (Å²) in [6, 6.07) is 11.0. The van der Waals surface area contributed by atoms with Gasteiger partial charge in [-0.05, 0) is 36.4 Å². The number of carbonyl (C=O) groups excluding carboxylic acids is 1. The van der Waals surface area contributed by atoms with Crippen molar-refractivity contribution in [3.05, 3.63) is 48.4 Å². The molecule has 118 valence electrons. The van der Waals surface area contributed by atoms with E-state index in [4.69, 9.17) is 9.15 Å². The molecule has 0 bridgehead atoms. The third-order valence-corrected chi connectivity index (χ3v) is 4.00. The quantitative estimate of drug-likeness (QED) is 0.727. The number of para-hydroxylation sites is 2. The number of benzene rings is 1. The van der Waals surface area contributed by atoms with Gasteiger partial charge in [0.1, 0.15) is 11.5 Å². The molecule has 6 heteroatoms. The van der Waals surface area contributed by atoms with Crippen molar-refractivity contribution in [2.24, 2.45) is 0 Å². The van der Waals surface area contributed by atoms with Gasteiger partial charge < -0.3 is 19.8 Å². The first-order valence-corrected chi connectivity index (χ1v) is 8.23. The second-order valence-electron chi connectivity index (χ2n) is 4.57. The summed E-state index contributed by atoms with van der Waals surface area (Å²) in [5.41, 5.74) is 0.662. The molecule has 0 aliphatic heterocycles. The van der Waals surface area contributed by atoms with Crippen molar-refractivity contribution >= 4 is 23.5 Å². The lowest BCUT2D eigenvalue weighted by Gasteiger charge is -2.10. The van der Waals surface area contributed by atoms with Gasteiger partial charge in [-0.3, -0.25) is 0 Å². The first kappa shape index (κ1) is 16.3. The Bertz CT molecular complexity index is 573. The molecule has 5 nitrogen and oxygen atoms in total. The van der Waals surface area contributed by atoms with Crippen LogP contribution in [0.4, 0.5) is 10.5 Å². The summed E-state index contributed by atoms with van der Waals surface area (Å²) in [6.07, 6.45) is 2.59. The smallest absolute Gasteiger partial charge is 0.319 e. The zero-order chi connectivity index (χ0) is 15.6. The van der Waals surface area contributed by atoms with Crippen LogP contribution in [0, 0.1) is 0 Å². The Morgan fingerprint density at radius 3 is 2.91 bits per heavy atom. The first-order chi connectivity index (χ1) is 10.8. The molecule has 0 atom stereocenters. The number of amides is 2. The van der Waals surface area contributed by atoms with Crippen LogP contribution in [-0.2, 0) is 5.75 Å². The highest BCUT2D eigenvalue weighted by Crippen LogP contribution is 2.22. The van der Waals surface area contributed by atoms with Gasteiger partial charge in [-0.1, -0.05) is 12.1 Å². The van der Waals surface area contributed by atoms with E-state index < -0.39 is 0 Å². The van der Waals surface area contributed by atoms with Gasteiger partial charge in [0.25, 0.3) is 0 Å². The third-order valence-electron chi connectivity index (χ3n) is 2.93. The Balaban J connectivity index is 1.59. The first-order valence-electron chi connectivity index (χ1n) is 7.07. The molecule has 0 saturated carbocycles. The number of rotatable bonds is 8. The second-order valence-corrected chi connectivity index (χ2v) is 5.67. The van der Waals surface area contributed by atoms with Gasteiger partial charge in [-0.25, -0.2) is 4.79 Å². The fraction of sp³-hybridized carbons (Fsp3) is 0.312. The number of nitrogens with one attached hydrogen (secondary N) is 2. The number of methoxy groups -OCH3 is 1. The minimum Gasteiger partial charge on any atom is -0.495 e. The molecule has 0 unspecified atom stereocenters. The summed E-state index contributed by atoms with van der Waals surface area (Å²) in [6.45, 7) is 0.631. The summed E-state index contributed by atoms with van der Waals surface area (Å²) in [5, 5.41) is 5.61. The van der Waals surface area contributed by atoms with Crippen LogP contribution in [0.2, 0.25) is 0 Å². The van der Waals surface area contributed by atoms with Gasteiger partial charge >= 0.3 is 6.03 Å². The van der Waals surface area contributed by atoms with Crippen LogP contribution in [0.15, 0.2) is 47.1 Å². The number of anilines is 1. The number of hydrogen-bond acceptors (Lipinski definition) is 4. The molecule has 1 aromatic carbocycles. The Morgan fingerprint density at radius 2 is 2.14 bits per heavy atom. The van der Waals surface area contributed by atoms with Crippen LogP contribution in [0.25, 0.3) is 0 Å². The number of hydrogen-bond donors (Lipinski definition) is 2. The second kappa shape index (κ2) is 9.04. The summed E-state index contributed by atoms with van der Waals surface area (Å²) in [4.78, 5) is 11.8. The molecule has 0 aliphatic rings. The van der Waals surface area contributed by atoms with Crippen LogP contribution in [-0.4, -0.2) is 25.4 Å². The van der Waals surface area contributed by atoms with E-state index in [-0.39, 0.29) is 6.03 Å². The van der Waals surface area contributed by atoms with E-state index in [1.807, 2.05) is 24.3 Å². The number of carbonyl (C=O) groups is 1. The molecule has 0 aliphatic carbocycles. The van der Waals surface area contributed by atoms with Gasteiger partial charge in [-0.2, -0.15) is 11.8 Å². The fourth-order valence-corrected chi connectivity index (χ4v) is 2.72. The standard InChI is InChI=1S/C16H20N2O3S/c1-20-15-8-3-2-7-14(15)18-16(19)17-9-5-11-22-12-13-6-4-10-21-13/h2-4,6-8,10H,5,9,11-12H2,1H3,(H2,17,18,19). The normalized spacial score (nSPS) is 10.2. The molecular formula is C16H20N2O3S. The van der Waals surface area contributed by atoms with Crippen molar-refractivity contribution in [3.63, 3.8) is 0 Å². The lowest BCUT2D eigenvalue weighted by molar-refractivity contribution is 0.252. The van der Waals surface area contributed by atoms with Crippen molar-refractivity contribution in [3.8, 4) is 5.75 Å². The minimum absolute atomic E-state index is 0.222. The maximum atomic E-state index is 11.8. The van der Waals surface area contributed by atoms with Crippen LogP contribution in [0.3, 0.4) is 0 Å². The molecule has 0 spiro atoms. The van der Waals surface area contributed by atoms with Gasteiger partial charge in [0.15, 0.2) is 0 Å². The predicted molar refractivity (Wildman–Crippen MR) is 89.5 cm³/mol. The molecule has 0 radical (unpaired) electrons. The monoisotopic (exact) mass is 320 g/mol. The minimum atomic E-state index is -0.222. The van der Waals surface area contributed by atoms with E-state index >= 15 is 0 Å². The lowest BCUT2D eigenvalue weighted by Crippen LogP contribution is -2.29. The Kier molecular flexibility index (Phi) is 6.70. The number of ether oxygens (including phenoxy) is 1. The summed E-state index contributed by atoms with van der Waals surface area (Å²) < 4.78 is 10.4. The molecule has 2 aromatic rings. The van der Waals surface area contributed by atoms with Crippen LogP contribution < -0.4 is 15.4 Å². The van der Waals surface area contributed by atoms with Crippen molar-refractivity contribution in [2.45, 2.75) is 12.2 Å². The topological polar surface area (TPSA) is 63.5 Å². The number of thioether (sulfide) groups is 1. The van der Waals surface area contributed by atoms with Gasteiger partial charge in [0.05, 0.1) is 24.8 Å². The maximum Gasteiger partial charge on any atom is 0.319 e. The van der Waals surface area contributed by atoms with Gasteiger partial charge in [0.2, 0.25) is 0 Å². The predicted octanol–water partition coefficient (Wildman–Crippen LogP) is 3.73. The Morgan fingerprint density at radius 1 is 1.27 bits per heavy atom.